The first-order valence-electron chi connectivity index (χ1n) is 7.33. The van der Waals surface area contributed by atoms with Crippen molar-refractivity contribution in [2.75, 3.05) is 10.6 Å². The molecule has 0 aliphatic carbocycles. The van der Waals surface area contributed by atoms with Crippen LogP contribution >= 0.6 is 0 Å². The van der Waals surface area contributed by atoms with Crippen LogP contribution < -0.4 is 10.6 Å². The van der Waals surface area contributed by atoms with Gasteiger partial charge >= 0.3 is 0 Å². The van der Waals surface area contributed by atoms with E-state index >= 15 is 0 Å². The van der Waals surface area contributed by atoms with Crippen LogP contribution in [0.15, 0.2) is 60.9 Å². The molecule has 24 heavy (non-hydrogen) atoms. The van der Waals surface area contributed by atoms with Crippen LogP contribution in [0.5, 0.6) is 0 Å². The Morgan fingerprint density at radius 3 is 2.46 bits per heavy atom. The molecule has 0 aliphatic heterocycles. The van der Waals surface area contributed by atoms with Gasteiger partial charge in [0.1, 0.15) is 18.0 Å². The number of aromatic nitrogens is 2. The number of rotatable bonds is 4. The highest BCUT2D eigenvalue weighted by Gasteiger charge is 2.07. The zero-order valence-corrected chi connectivity index (χ0v) is 13.0. The van der Waals surface area contributed by atoms with Gasteiger partial charge in [0, 0.05) is 28.7 Å². The number of benzene rings is 2. The van der Waals surface area contributed by atoms with Crippen molar-refractivity contribution in [1.29, 1.82) is 0 Å². The van der Waals surface area contributed by atoms with E-state index in [1.165, 1.54) is 24.5 Å². The second-order valence-electron chi connectivity index (χ2n) is 5.21. The van der Waals surface area contributed by atoms with Crippen LogP contribution in [0.4, 0.5) is 21.6 Å². The minimum atomic E-state index is -0.442. The molecular formula is C18H15FN4O. The van der Waals surface area contributed by atoms with Crippen molar-refractivity contribution in [3.05, 3.63) is 78.0 Å². The number of aryl methyl sites for hydroxylation is 1. The van der Waals surface area contributed by atoms with Crippen molar-refractivity contribution >= 4 is 23.1 Å². The van der Waals surface area contributed by atoms with E-state index in [1.807, 2.05) is 25.1 Å². The molecule has 6 heteroatoms. The maximum absolute atomic E-state index is 13.2. The first kappa shape index (κ1) is 15.6. The molecule has 2 N–H and O–H groups in total. The van der Waals surface area contributed by atoms with Crippen molar-refractivity contribution in [2.45, 2.75) is 6.92 Å². The topological polar surface area (TPSA) is 66.9 Å². The molecular weight excluding hydrogens is 307 g/mol. The van der Waals surface area contributed by atoms with E-state index in [9.17, 15) is 9.18 Å². The number of hydrogen-bond donors (Lipinski definition) is 2. The van der Waals surface area contributed by atoms with Crippen LogP contribution in [0.25, 0.3) is 0 Å². The molecule has 3 aromatic rings. The van der Waals surface area contributed by atoms with E-state index in [0.29, 0.717) is 11.5 Å². The summed E-state index contributed by atoms with van der Waals surface area (Å²) in [4.78, 5) is 20.2. The van der Waals surface area contributed by atoms with Crippen LogP contribution in [0.1, 0.15) is 16.1 Å². The zero-order chi connectivity index (χ0) is 16.9. The van der Waals surface area contributed by atoms with Crippen molar-refractivity contribution in [3.63, 3.8) is 0 Å². The maximum Gasteiger partial charge on any atom is 0.255 e. The zero-order valence-electron chi connectivity index (χ0n) is 13.0. The van der Waals surface area contributed by atoms with Crippen LogP contribution in [0, 0.1) is 12.7 Å². The van der Waals surface area contributed by atoms with Crippen LogP contribution in [-0.4, -0.2) is 15.9 Å². The maximum atomic E-state index is 13.2. The molecule has 0 atom stereocenters. The molecule has 0 aliphatic rings. The Labute approximate surface area is 138 Å². The SMILES string of the molecule is Cc1cc(Nc2ccc(NC(=O)c3cccc(F)c3)cc2)ncn1. The van der Waals surface area contributed by atoms with Crippen LogP contribution in [-0.2, 0) is 0 Å². The Balaban J connectivity index is 1.67. The fourth-order valence-electron chi connectivity index (χ4n) is 2.14. The number of nitrogens with one attached hydrogen (secondary N) is 2. The van der Waals surface area contributed by atoms with Crippen LogP contribution in [0.3, 0.4) is 0 Å². The lowest BCUT2D eigenvalue weighted by Crippen LogP contribution is -2.11. The van der Waals surface area contributed by atoms with Crippen molar-refractivity contribution in [3.8, 4) is 0 Å². The molecule has 1 aromatic heterocycles. The second-order valence-corrected chi connectivity index (χ2v) is 5.21. The summed E-state index contributed by atoms with van der Waals surface area (Å²) in [5.74, 6) is -0.108. The molecule has 0 bridgehead atoms. The molecule has 3 rings (SSSR count). The molecule has 1 amide bonds. The van der Waals surface area contributed by atoms with E-state index in [-0.39, 0.29) is 11.5 Å². The lowest BCUT2D eigenvalue weighted by atomic mass is 10.2. The second kappa shape index (κ2) is 6.87. The summed E-state index contributed by atoms with van der Waals surface area (Å²) < 4.78 is 13.2. The number of carbonyl (C=O) groups excluding carboxylic acids is 1. The molecule has 120 valence electrons. The predicted molar refractivity (Wildman–Crippen MR) is 90.8 cm³/mol. The summed E-state index contributed by atoms with van der Waals surface area (Å²) in [6.45, 7) is 1.89. The Morgan fingerprint density at radius 2 is 1.75 bits per heavy atom. The fraction of sp³-hybridized carbons (Fsp3) is 0.0556. The lowest BCUT2D eigenvalue weighted by Gasteiger charge is -2.08. The molecule has 1 heterocycles. The fourth-order valence-corrected chi connectivity index (χ4v) is 2.14. The van der Waals surface area contributed by atoms with Gasteiger partial charge in [0.2, 0.25) is 0 Å². The standard InChI is InChI=1S/C18H15FN4O/c1-12-9-17(21-11-20-12)22-15-5-7-16(8-6-15)23-18(24)13-3-2-4-14(19)10-13/h2-11H,1H3,(H,23,24)(H,20,21,22). The highest BCUT2D eigenvalue weighted by Crippen LogP contribution is 2.18. The minimum absolute atomic E-state index is 0.272. The molecule has 0 saturated carbocycles. The van der Waals surface area contributed by atoms with E-state index in [0.717, 1.165) is 11.4 Å². The van der Waals surface area contributed by atoms with Gasteiger partial charge in [-0.2, -0.15) is 0 Å². The summed E-state index contributed by atoms with van der Waals surface area (Å²) in [6, 6.07) is 14.5. The summed E-state index contributed by atoms with van der Waals surface area (Å²) in [5, 5.41) is 5.88. The first-order chi connectivity index (χ1) is 11.6. The Hall–Kier alpha value is -3.28. The first-order valence-corrected chi connectivity index (χ1v) is 7.33. The van der Waals surface area contributed by atoms with Crippen molar-refractivity contribution < 1.29 is 9.18 Å². The third-order valence-corrected chi connectivity index (χ3v) is 3.31. The molecule has 0 radical (unpaired) electrons. The van der Waals surface area contributed by atoms with Gasteiger partial charge in [-0.1, -0.05) is 6.07 Å². The minimum Gasteiger partial charge on any atom is -0.340 e. The van der Waals surface area contributed by atoms with Gasteiger partial charge in [0.05, 0.1) is 0 Å². The summed E-state index contributed by atoms with van der Waals surface area (Å²) in [5.41, 5.74) is 2.59. The average Bonchev–Trinajstić information content (AvgIpc) is 2.57. The monoisotopic (exact) mass is 322 g/mol. The van der Waals surface area contributed by atoms with Gasteiger partial charge in [-0.3, -0.25) is 4.79 Å². The lowest BCUT2D eigenvalue weighted by molar-refractivity contribution is 0.102. The number of hydrogen-bond acceptors (Lipinski definition) is 4. The number of amides is 1. The highest BCUT2D eigenvalue weighted by molar-refractivity contribution is 6.04. The molecule has 0 saturated heterocycles. The summed E-state index contributed by atoms with van der Waals surface area (Å²) in [7, 11) is 0. The third kappa shape index (κ3) is 3.92. The van der Waals surface area contributed by atoms with Gasteiger partial charge in [0.25, 0.3) is 5.91 Å². The molecule has 2 aromatic carbocycles. The van der Waals surface area contributed by atoms with Gasteiger partial charge in [-0.05, 0) is 49.4 Å². The summed E-state index contributed by atoms with van der Waals surface area (Å²) in [6.07, 6.45) is 1.49. The van der Waals surface area contributed by atoms with Gasteiger partial charge in [-0.15, -0.1) is 0 Å². The quantitative estimate of drug-likeness (QED) is 0.764. The highest BCUT2D eigenvalue weighted by atomic mass is 19.1. The van der Waals surface area contributed by atoms with E-state index < -0.39 is 5.82 Å². The van der Waals surface area contributed by atoms with Crippen molar-refractivity contribution in [1.82, 2.24) is 9.97 Å². The Bertz CT molecular complexity index is 865. The number of nitrogens with zero attached hydrogens (tertiary/aromatic N) is 2. The average molecular weight is 322 g/mol. The Morgan fingerprint density at radius 1 is 1.00 bits per heavy atom. The number of anilines is 3. The normalized spacial score (nSPS) is 10.2. The third-order valence-electron chi connectivity index (χ3n) is 3.31. The van der Waals surface area contributed by atoms with Gasteiger partial charge < -0.3 is 10.6 Å². The molecule has 5 nitrogen and oxygen atoms in total. The van der Waals surface area contributed by atoms with E-state index in [2.05, 4.69) is 20.6 Å². The van der Waals surface area contributed by atoms with E-state index in [4.69, 9.17) is 0 Å². The smallest absolute Gasteiger partial charge is 0.255 e. The number of halogens is 1. The van der Waals surface area contributed by atoms with Crippen LogP contribution in [0.2, 0.25) is 0 Å². The van der Waals surface area contributed by atoms with Gasteiger partial charge in [-0.25, -0.2) is 14.4 Å². The summed E-state index contributed by atoms with van der Waals surface area (Å²) >= 11 is 0. The van der Waals surface area contributed by atoms with Gasteiger partial charge in [0.15, 0.2) is 0 Å². The number of carbonyl (C=O) groups is 1. The molecule has 0 unspecified atom stereocenters. The Kier molecular flexibility index (Phi) is 4.47. The van der Waals surface area contributed by atoms with Crippen molar-refractivity contribution in [2.24, 2.45) is 0 Å². The van der Waals surface area contributed by atoms with E-state index in [1.54, 1.807) is 18.2 Å². The largest absolute Gasteiger partial charge is 0.340 e. The predicted octanol–water partition coefficient (Wildman–Crippen LogP) is 3.92. The molecule has 0 fully saturated rings. The molecule has 0 spiro atoms.